The fourth-order valence-electron chi connectivity index (χ4n) is 2.31. The number of halogens is 1. The number of nitrogens with two attached hydrogens (primary N) is 1. The third-order valence-electron chi connectivity index (χ3n) is 3.69. The quantitative estimate of drug-likeness (QED) is 0.519. The summed E-state index contributed by atoms with van der Waals surface area (Å²) in [5, 5.41) is 19.3. The van der Waals surface area contributed by atoms with Crippen molar-refractivity contribution in [2.75, 3.05) is 11.2 Å². The number of carbonyl (C=O) groups excluding carboxylic acids is 1. The van der Waals surface area contributed by atoms with E-state index in [2.05, 4.69) is 15.5 Å². The molecule has 1 aromatic heterocycles. The molecule has 0 spiro atoms. The molecule has 27 heavy (non-hydrogen) atoms. The molecule has 1 atom stereocenters. The maximum Gasteiger partial charge on any atom is 0.237 e. The predicted molar refractivity (Wildman–Crippen MR) is 101 cm³/mol. The molecule has 1 unspecified atom stereocenters. The second-order valence-corrected chi connectivity index (χ2v) is 6.91. The van der Waals surface area contributed by atoms with Crippen LogP contribution in [0.3, 0.4) is 0 Å². The summed E-state index contributed by atoms with van der Waals surface area (Å²) in [5.74, 6) is 5.40. The van der Waals surface area contributed by atoms with Crippen molar-refractivity contribution in [2.24, 2.45) is 0 Å². The largest absolute Gasteiger partial charge is 0.335 e. The van der Waals surface area contributed by atoms with Gasteiger partial charge in [-0.15, -0.1) is 10.2 Å². The number of aromatic nitrogens is 3. The number of benzene rings is 2. The topological polar surface area (TPSA) is 110 Å². The number of amides is 1. The zero-order valence-electron chi connectivity index (χ0n) is 14.3. The number of nitrogens with zero attached hydrogens (tertiary/aromatic N) is 4. The number of nitrogens with one attached hydrogen (secondary N) is 1. The Balaban J connectivity index is 1.73. The zero-order valence-corrected chi connectivity index (χ0v) is 15.1. The van der Waals surface area contributed by atoms with Gasteiger partial charge in [0.2, 0.25) is 11.1 Å². The van der Waals surface area contributed by atoms with Crippen LogP contribution in [0.4, 0.5) is 10.1 Å². The van der Waals surface area contributed by atoms with Crippen molar-refractivity contribution in [3.05, 3.63) is 59.9 Å². The van der Waals surface area contributed by atoms with Gasteiger partial charge in [-0.05, 0) is 37.3 Å². The van der Waals surface area contributed by atoms with Crippen LogP contribution >= 0.6 is 11.8 Å². The summed E-state index contributed by atoms with van der Waals surface area (Å²) in [5.41, 5.74) is 1.20. The molecule has 3 N–H and O–H groups in total. The summed E-state index contributed by atoms with van der Waals surface area (Å²) < 4.78 is 15.1. The standard InChI is InChI=1S/C18H15FN6OS/c1-11(17(26)22-13-6-4-5-12(9-13)10-20)27-18-24-23-16(25(18)21)14-7-2-3-8-15(14)19/h2-9,11H,21H2,1H3,(H,22,26). The molecule has 0 bridgehead atoms. The molecule has 1 heterocycles. The van der Waals surface area contributed by atoms with Crippen molar-refractivity contribution in [1.82, 2.24) is 14.9 Å². The Kier molecular flexibility index (Phi) is 5.38. The smallest absolute Gasteiger partial charge is 0.237 e. The molecule has 9 heteroatoms. The van der Waals surface area contributed by atoms with Crippen LogP contribution in [-0.2, 0) is 4.79 Å². The van der Waals surface area contributed by atoms with Gasteiger partial charge in [0.25, 0.3) is 0 Å². The van der Waals surface area contributed by atoms with E-state index in [1.165, 1.54) is 6.07 Å². The van der Waals surface area contributed by atoms with Crippen LogP contribution in [0.5, 0.6) is 0 Å². The first-order valence-corrected chi connectivity index (χ1v) is 8.80. The Hall–Kier alpha value is -3.38. The van der Waals surface area contributed by atoms with Gasteiger partial charge < -0.3 is 11.2 Å². The number of nitrogen functional groups attached to an aromatic ring is 1. The molecular formula is C18H15FN6OS. The normalized spacial score (nSPS) is 11.6. The molecule has 0 radical (unpaired) electrons. The maximum atomic E-state index is 13.9. The average Bonchev–Trinajstić information content (AvgIpc) is 3.02. The Morgan fingerprint density at radius 2 is 2.07 bits per heavy atom. The van der Waals surface area contributed by atoms with Crippen LogP contribution in [0.2, 0.25) is 0 Å². The van der Waals surface area contributed by atoms with E-state index >= 15 is 0 Å². The van der Waals surface area contributed by atoms with E-state index < -0.39 is 11.1 Å². The number of thioether (sulfide) groups is 1. The number of hydrogen-bond acceptors (Lipinski definition) is 6. The SMILES string of the molecule is CC(Sc1nnc(-c2ccccc2F)n1N)C(=O)Nc1cccc(C#N)c1. The fraction of sp³-hybridized carbons (Fsp3) is 0.111. The Morgan fingerprint density at radius 3 is 2.81 bits per heavy atom. The molecule has 2 aromatic carbocycles. The molecule has 1 amide bonds. The van der Waals surface area contributed by atoms with Crippen molar-refractivity contribution in [2.45, 2.75) is 17.3 Å². The van der Waals surface area contributed by atoms with Crippen LogP contribution in [0.15, 0.2) is 53.7 Å². The third-order valence-corrected chi connectivity index (χ3v) is 4.75. The molecule has 136 valence electrons. The van der Waals surface area contributed by atoms with E-state index in [0.29, 0.717) is 11.3 Å². The highest BCUT2D eigenvalue weighted by atomic mass is 32.2. The summed E-state index contributed by atoms with van der Waals surface area (Å²) in [6.45, 7) is 1.69. The van der Waals surface area contributed by atoms with Gasteiger partial charge in [0, 0.05) is 5.69 Å². The minimum absolute atomic E-state index is 0.171. The van der Waals surface area contributed by atoms with Crippen molar-refractivity contribution in [3.8, 4) is 17.5 Å². The van der Waals surface area contributed by atoms with Crippen molar-refractivity contribution < 1.29 is 9.18 Å². The lowest BCUT2D eigenvalue weighted by Crippen LogP contribution is -2.23. The third kappa shape index (κ3) is 4.07. The Labute approximate surface area is 159 Å². The zero-order chi connectivity index (χ0) is 19.4. The van der Waals surface area contributed by atoms with Gasteiger partial charge in [0.15, 0.2) is 5.82 Å². The van der Waals surface area contributed by atoms with Gasteiger partial charge in [-0.3, -0.25) is 4.79 Å². The number of rotatable bonds is 5. The molecule has 3 aromatic rings. The first kappa shape index (κ1) is 18.4. The van der Waals surface area contributed by atoms with Gasteiger partial charge in [-0.1, -0.05) is 30.0 Å². The van der Waals surface area contributed by atoms with Gasteiger partial charge in [0.05, 0.1) is 22.4 Å². The van der Waals surface area contributed by atoms with Crippen LogP contribution in [0, 0.1) is 17.1 Å². The molecule has 0 aliphatic rings. The van der Waals surface area contributed by atoms with E-state index in [1.54, 1.807) is 49.4 Å². The van der Waals surface area contributed by atoms with E-state index in [4.69, 9.17) is 11.1 Å². The molecule has 3 rings (SSSR count). The minimum Gasteiger partial charge on any atom is -0.335 e. The lowest BCUT2D eigenvalue weighted by atomic mass is 10.2. The molecule has 0 aliphatic heterocycles. The van der Waals surface area contributed by atoms with Crippen molar-refractivity contribution in [1.29, 1.82) is 5.26 Å². The Morgan fingerprint density at radius 1 is 1.30 bits per heavy atom. The summed E-state index contributed by atoms with van der Waals surface area (Å²) in [7, 11) is 0. The van der Waals surface area contributed by atoms with Crippen LogP contribution in [0.1, 0.15) is 12.5 Å². The van der Waals surface area contributed by atoms with Gasteiger partial charge in [-0.2, -0.15) is 5.26 Å². The fourth-order valence-corrected chi connectivity index (χ4v) is 3.08. The summed E-state index contributed by atoms with van der Waals surface area (Å²) in [4.78, 5) is 12.4. The van der Waals surface area contributed by atoms with Gasteiger partial charge >= 0.3 is 0 Å². The summed E-state index contributed by atoms with van der Waals surface area (Å²) >= 11 is 1.09. The highest BCUT2D eigenvalue weighted by molar-refractivity contribution is 8.00. The van der Waals surface area contributed by atoms with Crippen LogP contribution in [-0.4, -0.2) is 26.0 Å². The average molecular weight is 382 g/mol. The van der Waals surface area contributed by atoms with Crippen LogP contribution < -0.4 is 11.2 Å². The Bertz CT molecular complexity index is 1030. The first-order valence-electron chi connectivity index (χ1n) is 7.92. The summed E-state index contributed by atoms with van der Waals surface area (Å²) in [6.07, 6.45) is 0. The van der Waals surface area contributed by atoms with Crippen molar-refractivity contribution >= 4 is 23.4 Å². The van der Waals surface area contributed by atoms with E-state index in [-0.39, 0.29) is 22.5 Å². The number of anilines is 1. The molecule has 7 nitrogen and oxygen atoms in total. The molecular weight excluding hydrogens is 367 g/mol. The molecule has 0 saturated heterocycles. The summed E-state index contributed by atoms with van der Waals surface area (Å²) in [6, 6.07) is 14.7. The first-order chi connectivity index (χ1) is 13.0. The van der Waals surface area contributed by atoms with Crippen molar-refractivity contribution in [3.63, 3.8) is 0 Å². The second kappa shape index (κ2) is 7.88. The second-order valence-electron chi connectivity index (χ2n) is 5.60. The minimum atomic E-state index is -0.546. The van der Waals surface area contributed by atoms with Crippen LogP contribution in [0.25, 0.3) is 11.4 Å². The molecule has 0 aliphatic carbocycles. The number of nitriles is 1. The van der Waals surface area contributed by atoms with E-state index in [1.807, 2.05) is 6.07 Å². The van der Waals surface area contributed by atoms with Gasteiger partial charge in [0.1, 0.15) is 5.82 Å². The monoisotopic (exact) mass is 382 g/mol. The molecule has 0 fully saturated rings. The predicted octanol–water partition coefficient (Wildman–Crippen LogP) is 2.79. The lowest BCUT2D eigenvalue weighted by molar-refractivity contribution is -0.115. The number of hydrogen-bond donors (Lipinski definition) is 2. The highest BCUT2D eigenvalue weighted by Crippen LogP contribution is 2.26. The van der Waals surface area contributed by atoms with E-state index in [9.17, 15) is 9.18 Å². The van der Waals surface area contributed by atoms with Gasteiger partial charge in [-0.25, -0.2) is 9.07 Å². The molecule has 0 saturated carbocycles. The van der Waals surface area contributed by atoms with E-state index in [0.717, 1.165) is 16.4 Å². The number of carbonyl (C=O) groups is 1. The highest BCUT2D eigenvalue weighted by Gasteiger charge is 2.21. The maximum absolute atomic E-state index is 13.9. The lowest BCUT2D eigenvalue weighted by Gasteiger charge is -2.11.